The Kier molecular flexibility index (Phi) is 14.9. The van der Waals surface area contributed by atoms with E-state index < -0.39 is 0 Å². The molecular formula is C79H74N2. The molecule has 1 aliphatic rings. The van der Waals surface area contributed by atoms with Crippen molar-refractivity contribution in [1.29, 1.82) is 0 Å². The van der Waals surface area contributed by atoms with E-state index in [4.69, 9.17) is 6.58 Å². The van der Waals surface area contributed by atoms with Crippen molar-refractivity contribution in [3.05, 3.63) is 300 Å². The zero-order chi connectivity index (χ0) is 56.5. The van der Waals surface area contributed by atoms with Gasteiger partial charge in [-0.3, -0.25) is 0 Å². The largest absolute Gasteiger partial charge is 0.310 e. The molecule has 10 aromatic carbocycles. The molecule has 0 fully saturated rings. The Morgan fingerprint density at radius 2 is 0.704 bits per heavy atom. The highest BCUT2D eigenvalue weighted by Gasteiger charge is 2.26. The molecule has 0 heterocycles. The van der Waals surface area contributed by atoms with Gasteiger partial charge in [0.15, 0.2) is 0 Å². The SMILES string of the molecule is C=C1/C=C\C=C/Cc2cc(N(c3ccc(-c4ccc(-c5ccccc5)cc4)cc3)c3ccc(C(C)(C)C)cc3)c3ccc(C(C)(C)C)cc3c2/C=C\1N(c1ccc(-c2ccc(-c3ccccc3)cc2)cc1)c1ccc(C(C)(C)C)cc1. The molecule has 0 aliphatic heterocycles. The van der Waals surface area contributed by atoms with Crippen molar-refractivity contribution < 1.29 is 0 Å². The fourth-order valence-electron chi connectivity index (χ4n) is 11.1. The van der Waals surface area contributed by atoms with Gasteiger partial charge in [-0.2, -0.15) is 0 Å². The summed E-state index contributed by atoms with van der Waals surface area (Å²) in [6.45, 7) is 25.5. The fraction of sp³-hybridized carbons (Fsp3) is 0.165. The Labute approximate surface area is 482 Å². The minimum absolute atomic E-state index is 0.00458. The van der Waals surface area contributed by atoms with Gasteiger partial charge in [0, 0.05) is 28.1 Å². The summed E-state index contributed by atoms with van der Waals surface area (Å²) < 4.78 is 0. The number of rotatable bonds is 10. The van der Waals surface area contributed by atoms with Gasteiger partial charge in [-0.15, -0.1) is 0 Å². The van der Waals surface area contributed by atoms with Crippen LogP contribution in [0.25, 0.3) is 61.4 Å². The summed E-state index contributed by atoms with van der Waals surface area (Å²) >= 11 is 0. The first kappa shape index (κ1) is 54.0. The molecule has 0 aromatic heterocycles. The molecule has 2 heteroatoms. The quantitative estimate of drug-likeness (QED) is 0.135. The molecular weight excluding hydrogens is 977 g/mol. The molecule has 10 aromatic rings. The molecule has 0 spiro atoms. The van der Waals surface area contributed by atoms with Gasteiger partial charge < -0.3 is 9.80 Å². The molecule has 0 amide bonds. The van der Waals surface area contributed by atoms with Crippen molar-refractivity contribution in [3.63, 3.8) is 0 Å². The molecule has 0 unspecified atom stereocenters. The normalized spacial score (nSPS) is 14.4. The summed E-state index contributed by atoms with van der Waals surface area (Å²) in [5.74, 6) is 0. The van der Waals surface area contributed by atoms with Gasteiger partial charge in [-0.1, -0.05) is 263 Å². The predicted molar refractivity (Wildman–Crippen MR) is 351 cm³/mol. The maximum atomic E-state index is 4.86. The van der Waals surface area contributed by atoms with Crippen LogP contribution in [0.15, 0.2) is 273 Å². The van der Waals surface area contributed by atoms with Gasteiger partial charge in [-0.25, -0.2) is 0 Å². The van der Waals surface area contributed by atoms with Crippen LogP contribution < -0.4 is 9.80 Å². The van der Waals surface area contributed by atoms with Crippen LogP contribution in [0, 0.1) is 0 Å². The second kappa shape index (κ2) is 22.3. The van der Waals surface area contributed by atoms with Crippen LogP contribution in [0.5, 0.6) is 0 Å². The van der Waals surface area contributed by atoms with Crippen molar-refractivity contribution in [1.82, 2.24) is 0 Å². The Morgan fingerprint density at radius 3 is 1.11 bits per heavy atom. The molecule has 2 nitrogen and oxygen atoms in total. The molecule has 0 bridgehead atoms. The number of fused-ring (bicyclic) bond motifs is 3. The summed E-state index contributed by atoms with van der Waals surface area (Å²) in [6, 6.07) is 85.2. The maximum absolute atomic E-state index is 4.86. The molecule has 81 heavy (non-hydrogen) atoms. The van der Waals surface area contributed by atoms with Crippen LogP contribution in [-0.2, 0) is 22.7 Å². The lowest BCUT2D eigenvalue weighted by Gasteiger charge is -2.32. The third kappa shape index (κ3) is 11.7. The van der Waals surface area contributed by atoms with Gasteiger partial charge in [0.2, 0.25) is 0 Å². The van der Waals surface area contributed by atoms with Gasteiger partial charge in [0.25, 0.3) is 0 Å². The van der Waals surface area contributed by atoms with Crippen molar-refractivity contribution in [2.75, 3.05) is 9.80 Å². The van der Waals surface area contributed by atoms with Gasteiger partial charge >= 0.3 is 0 Å². The molecule has 0 saturated heterocycles. The van der Waals surface area contributed by atoms with Crippen molar-refractivity contribution in [2.45, 2.75) is 85.0 Å². The second-order valence-electron chi connectivity index (χ2n) is 24.8. The number of nitrogens with zero attached hydrogens (tertiary/aromatic N) is 2. The lowest BCUT2D eigenvalue weighted by Crippen LogP contribution is -2.19. The maximum Gasteiger partial charge on any atom is 0.0543 e. The number of benzene rings is 10. The van der Waals surface area contributed by atoms with Crippen molar-refractivity contribution >= 4 is 45.3 Å². The monoisotopic (exact) mass is 1050 g/mol. The number of hydrogen-bond donors (Lipinski definition) is 0. The minimum Gasteiger partial charge on any atom is -0.310 e. The molecule has 11 rings (SSSR count). The van der Waals surface area contributed by atoms with E-state index in [1.54, 1.807) is 0 Å². The molecule has 1 aliphatic carbocycles. The molecule has 400 valence electrons. The number of anilines is 5. The van der Waals surface area contributed by atoms with E-state index in [-0.39, 0.29) is 16.2 Å². The molecule has 0 radical (unpaired) electrons. The van der Waals surface area contributed by atoms with Crippen LogP contribution in [0.2, 0.25) is 0 Å². The van der Waals surface area contributed by atoms with Gasteiger partial charge in [0.1, 0.15) is 0 Å². The zero-order valence-electron chi connectivity index (χ0n) is 48.6. The number of allylic oxidation sites excluding steroid dienone is 4. The third-order valence-corrected chi connectivity index (χ3v) is 16.0. The summed E-state index contributed by atoms with van der Waals surface area (Å²) in [6.07, 6.45) is 11.9. The Balaban J connectivity index is 1.09. The van der Waals surface area contributed by atoms with E-state index >= 15 is 0 Å². The van der Waals surface area contributed by atoms with Gasteiger partial charge in [-0.05, 0) is 173 Å². The Bertz CT molecular complexity index is 3930. The summed E-state index contributed by atoms with van der Waals surface area (Å²) in [5.41, 5.74) is 23.1. The highest BCUT2D eigenvalue weighted by Crippen LogP contribution is 2.46. The number of hydrogen-bond acceptors (Lipinski definition) is 2. The minimum atomic E-state index is -0.103. The lowest BCUT2D eigenvalue weighted by atomic mass is 9.83. The highest BCUT2D eigenvalue weighted by molar-refractivity contribution is 6.05. The average Bonchev–Trinajstić information content (AvgIpc) is 3.56. The van der Waals surface area contributed by atoms with E-state index in [0.717, 1.165) is 51.7 Å². The first-order valence-electron chi connectivity index (χ1n) is 28.6. The topological polar surface area (TPSA) is 6.48 Å². The molecule has 0 N–H and O–H groups in total. The standard InChI is InChI=1S/C79H74N2/c1-55-20-14-11-19-25-64-52-76(81(71-49-40-66(41-50-71)78(5,6)7)69-45-36-63(37-46-69)61-32-28-59(29-33-61)57-23-17-13-18-24-57)72-51-42-67(79(8,9)10)53-74(72)73(64)54-75(55)80(70-47-38-65(39-48-70)77(2,3)4)68-43-34-62(35-44-68)60-30-26-58(27-31-60)56-21-15-12-16-22-56/h11-24,26-54H,1,25H2,2-10H3/b19-11-,20-14-,75-54+. The van der Waals surface area contributed by atoms with Crippen molar-refractivity contribution in [2.24, 2.45) is 0 Å². The van der Waals surface area contributed by atoms with Crippen LogP contribution in [0.4, 0.5) is 28.4 Å². The molecule has 0 atom stereocenters. The van der Waals surface area contributed by atoms with Crippen LogP contribution in [0.1, 0.15) is 90.1 Å². The van der Waals surface area contributed by atoms with Crippen LogP contribution in [-0.4, -0.2) is 0 Å². The average molecular weight is 1050 g/mol. The van der Waals surface area contributed by atoms with Crippen LogP contribution in [0.3, 0.4) is 0 Å². The Hall–Kier alpha value is -8.98. The smallest absolute Gasteiger partial charge is 0.0543 e. The second-order valence-corrected chi connectivity index (χ2v) is 24.8. The summed E-state index contributed by atoms with van der Waals surface area (Å²) in [5, 5.41) is 2.37. The first-order valence-corrected chi connectivity index (χ1v) is 28.6. The van der Waals surface area contributed by atoms with Crippen LogP contribution >= 0.6 is 0 Å². The van der Waals surface area contributed by atoms with Gasteiger partial charge in [0.05, 0.1) is 11.4 Å². The van der Waals surface area contributed by atoms with Crippen molar-refractivity contribution in [3.8, 4) is 44.5 Å². The fourth-order valence-corrected chi connectivity index (χ4v) is 11.1. The third-order valence-electron chi connectivity index (χ3n) is 16.0. The lowest BCUT2D eigenvalue weighted by molar-refractivity contribution is 0.590. The summed E-state index contributed by atoms with van der Waals surface area (Å²) in [7, 11) is 0. The molecule has 0 saturated carbocycles. The van der Waals surface area contributed by atoms with E-state index in [1.807, 2.05) is 0 Å². The van der Waals surface area contributed by atoms with E-state index in [2.05, 4.69) is 333 Å². The predicted octanol–water partition coefficient (Wildman–Crippen LogP) is 22.3. The van der Waals surface area contributed by atoms with E-state index in [9.17, 15) is 0 Å². The first-order chi connectivity index (χ1) is 39.0. The highest BCUT2D eigenvalue weighted by atomic mass is 15.2. The summed E-state index contributed by atoms with van der Waals surface area (Å²) in [4.78, 5) is 4.88. The van der Waals surface area contributed by atoms with E-state index in [1.165, 1.54) is 77.5 Å². The van der Waals surface area contributed by atoms with E-state index in [0.29, 0.717) is 0 Å². The Morgan fingerprint density at radius 1 is 0.346 bits per heavy atom. The zero-order valence-corrected chi connectivity index (χ0v) is 48.6.